The van der Waals surface area contributed by atoms with E-state index in [4.69, 9.17) is 0 Å². The summed E-state index contributed by atoms with van der Waals surface area (Å²) in [6, 6.07) is 7.78. The van der Waals surface area contributed by atoms with Gasteiger partial charge in [0.15, 0.2) is 0 Å². The second kappa shape index (κ2) is 11.4. The Kier molecular flexibility index (Phi) is 9.12. The smallest absolute Gasteiger partial charge is 0.252 e. The number of hydrogen-bond donors (Lipinski definition) is 3. The van der Waals surface area contributed by atoms with Gasteiger partial charge in [0.2, 0.25) is 11.8 Å². The summed E-state index contributed by atoms with van der Waals surface area (Å²) in [4.78, 5) is 40.6. The van der Waals surface area contributed by atoms with Crippen molar-refractivity contribution in [2.45, 2.75) is 45.4 Å². The third-order valence-corrected chi connectivity index (χ3v) is 5.80. The van der Waals surface area contributed by atoms with E-state index in [1.54, 1.807) is 52.1 Å². The molecule has 0 saturated heterocycles. The topological polar surface area (TPSA) is 90.5 Å². The number of nitrogens with one attached hydrogen (secondary N) is 3. The fourth-order valence-corrected chi connectivity index (χ4v) is 3.79. The van der Waals surface area contributed by atoms with Crippen molar-refractivity contribution >= 4 is 35.8 Å². The first-order valence-corrected chi connectivity index (χ1v) is 10.8. The Labute approximate surface area is 203 Å². The molecular weight excluding hydrogens is 466 g/mol. The maximum atomic E-state index is 14.1. The van der Waals surface area contributed by atoms with Crippen LogP contribution in [0.2, 0.25) is 0 Å². The van der Waals surface area contributed by atoms with Gasteiger partial charge in [-0.1, -0.05) is 44.2 Å². The third kappa shape index (κ3) is 5.53. The van der Waals surface area contributed by atoms with E-state index in [1.807, 2.05) is 0 Å². The Morgan fingerprint density at radius 1 is 1.00 bits per heavy atom. The van der Waals surface area contributed by atoms with Crippen LogP contribution in [0.5, 0.6) is 0 Å². The van der Waals surface area contributed by atoms with E-state index in [2.05, 4.69) is 16.0 Å². The molecule has 3 rings (SSSR count). The molecule has 184 valence electrons. The van der Waals surface area contributed by atoms with Crippen LogP contribution >= 0.6 is 12.4 Å². The second-order valence-corrected chi connectivity index (χ2v) is 8.39. The molecule has 10 heteroatoms. The standard InChI is InChI=1S/C24H28F2N4O3.ClH/c1-13(2)19(28-22(31)14(3)27-4)24(33)30-12-15-8-5-6-9-16(15)21(30)23(32)29-20-17(25)10-7-11-18(20)26;/h5-11,13-14,19,21,27H,12H2,1-4H3,(H,28,31)(H,29,32);1H/t14?,19?,21-;/m0./s1. The summed E-state index contributed by atoms with van der Waals surface area (Å²) in [7, 11) is 1.63. The maximum absolute atomic E-state index is 14.1. The predicted molar refractivity (Wildman–Crippen MR) is 127 cm³/mol. The van der Waals surface area contributed by atoms with E-state index in [9.17, 15) is 23.2 Å². The average molecular weight is 495 g/mol. The van der Waals surface area contributed by atoms with Crippen molar-refractivity contribution < 1.29 is 23.2 Å². The molecule has 0 aromatic heterocycles. The number of fused-ring (bicyclic) bond motifs is 1. The molecule has 1 aliphatic rings. The molecule has 2 aromatic carbocycles. The highest BCUT2D eigenvalue weighted by atomic mass is 35.5. The molecule has 7 nitrogen and oxygen atoms in total. The molecule has 3 atom stereocenters. The van der Waals surface area contributed by atoms with E-state index < -0.39 is 47.3 Å². The van der Waals surface area contributed by atoms with Crippen molar-refractivity contribution in [3.05, 3.63) is 65.2 Å². The zero-order valence-electron chi connectivity index (χ0n) is 19.4. The maximum Gasteiger partial charge on any atom is 0.252 e. The van der Waals surface area contributed by atoms with E-state index >= 15 is 0 Å². The number of hydrogen-bond acceptors (Lipinski definition) is 4. The van der Waals surface area contributed by atoms with Crippen LogP contribution in [0, 0.1) is 17.6 Å². The van der Waals surface area contributed by atoms with Crippen molar-refractivity contribution in [1.82, 2.24) is 15.5 Å². The van der Waals surface area contributed by atoms with Gasteiger partial charge in [0.05, 0.1) is 6.04 Å². The molecule has 0 radical (unpaired) electrons. The van der Waals surface area contributed by atoms with Crippen molar-refractivity contribution in [2.24, 2.45) is 5.92 Å². The fourth-order valence-electron chi connectivity index (χ4n) is 3.79. The van der Waals surface area contributed by atoms with Gasteiger partial charge >= 0.3 is 0 Å². The Morgan fingerprint density at radius 3 is 2.21 bits per heavy atom. The third-order valence-electron chi connectivity index (χ3n) is 5.80. The number of anilines is 1. The Hall–Kier alpha value is -3.04. The van der Waals surface area contributed by atoms with Gasteiger partial charge in [-0.15, -0.1) is 12.4 Å². The van der Waals surface area contributed by atoms with Gasteiger partial charge in [-0.25, -0.2) is 8.78 Å². The van der Waals surface area contributed by atoms with Crippen molar-refractivity contribution in [1.29, 1.82) is 0 Å². The number of rotatable bonds is 7. The van der Waals surface area contributed by atoms with Gasteiger partial charge < -0.3 is 20.9 Å². The summed E-state index contributed by atoms with van der Waals surface area (Å²) in [5.74, 6) is -3.64. The minimum atomic E-state index is -1.10. The van der Waals surface area contributed by atoms with Gasteiger partial charge in [-0.05, 0) is 43.1 Å². The first-order valence-electron chi connectivity index (χ1n) is 10.8. The molecule has 1 heterocycles. The fraction of sp³-hybridized carbons (Fsp3) is 0.375. The molecule has 2 unspecified atom stereocenters. The molecule has 2 aromatic rings. The highest BCUT2D eigenvalue weighted by Gasteiger charge is 2.42. The monoisotopic (exact) mass is 494 g/mol. The molecule has 0 saturated carbocycles. The molecule has 0 aliphatic carbocycles. The molecule has 0 spiro atoms. The van der Waals surface area contributed by atoms with Crippen LogP contribution in [0.4, 0.5) is 14.5 Å². The highest BCUT2D eigenvalue weighted by Crippen LogP contribution is 2.36. The van der Waals surface area contributed by atoms with Gasteiger partial charge in [0.1, 0.15) is 29.4 Å². The molecular formula is C24H29ClF2N4O3. The normalized spacial score (nSPS) is 16.3. The number of para-hydroxylation sites is 1. The highest BCUT2D eigenvalue weighted by molar-refractivity contribution is 6.00. The van der Waals surface area contributed by atoms with Crippen LogP contribution < -0.4 is 16.0 Å². The Balaban J connectivity index is 0.00000408. The molecule has 3 amide bonds. The number of likely N-dealkylation sites (N-methyl/N-ethyl adjacent to an activating group) is 1. The molecule has 34 heavy (non-hydrogen) atoms. The molecule has 1 aliphatic heterocycles. The quantitative estimate of drug-likeness (QED) is 0.551. The van der Waals surface area contributed by atoms with Crippen LogP contribution in [0.15, 0.2) is 42.5 Å². The van der Waals surface area contributed by atoms with E-state index in [0.29, 0.717) is 5.56 Å². The second-order valence-electron chi connectivity index (χ2n) is 8.39. The Morgan fingerprint density at radius 2 is 1.62 bits per heavy atom. The van der Waals surface area contributed by atoms with Crippen LogP contribution in [0.25, 0.3) is 0 Å². The lowest BCUT2D eigenvalue weighted by atomic mass is 10.0. The molecule has 0 fully saturated rings. The lowest BCUT2D eigenvalue weighted by molar-refractivity contribution is -0.143. The summed E-state index contributed by atoms with van der Waals surface area (Å²) < 4.78 is 28.3. The first-order chi connectivity index (χ1) is 15.6. The number of carbonyl (C=O) groups is 3. The number of nitrogens with zero attached hydrogens (tertiary/aromatic N) is 1. The summed E-state index contributed by atoms with van der Waals surface area (Å²) in [5, 5.41) is 7.88. The lowest BCUT2D eigenvalue weighted by Gasteiger charge is -2.31. The minimum Gasteiger partial charge on any atom is -0.343 e. The molecule has 0 bridgehead atoms. The van der Waals surface area contributed by atoms with Gasteiger partial charge in [0, 0.05) is 6.54 Å². The summed E-state index contributed by atoms with van der Waals surface area (Å²) in [6.45, 7) is 5.38. The van der Waals surface area contributed by atoms with E-state index in [-0.39, 0.29) is 30.8 Å². The zero-order chi connectivity index (χ0) is 24.3. The van der Waals surface area contributed by atoms with Crippen LogP contribution in [-0.2, 0) is 20.9 Å². The lowest BCUT2D eigenvalue weighted by Crippen LogP contribution is -2.55. The molecule has 3 N–H and O–H groups in total. The Bertz CT molecular complexity index is 1050. The summed E-state index contributed by atoms with van der Waals surface area (Å²) in [6.07, 6.45) is 0. The van der Waals surface area contributed by atoms with Crippen LogP contribution in [0.1, 0.15) is 37.9 Å². The largest absolute Gasteiger partial charge is 0.343 e. The van der Waals surface area contributed by atoms with Gasteiger partial charge in [-0.2, -0.15) is 0 Å². The van der Waals surface area contributed by atoms with Gasteiger partial charge in [-0.3, -0.25) is 14.4 Å². The van der Waals surface area contributed by atoms with Crippen molar-refractivity contribution in [3.8, 4) is 0 Å². The zero-order valence-corrected chi connectivity index (χ0v) is 20.2. The van der Waals surface area contributed by atoms with E-state index in [0.717, 1.165) is 17.7 Å². The SMILES string of the molecule is CNC(C)C(=O)NC(C(=O)N1Cc2ccccc2[C@H]1C(=O)Nc1c(F)cccc1F)C(C)C.Cl. The van der Waals surface area contributed by atoms with Crippen molar-refractivity contribution in [3.63, 3.8) is 0 Å². The summed E-state index contributed by atoms with van der Waals surface area (Å²) >= 11 is 0. The van der Waals surface area contributed by atoms with Crippen LogP contribution in [-0.4, -0.2) is 41.8 Å². The van der Waals surface area contributed by atoms with E-state index in [1.165, 1.54) is 11.0 Å². The number of benzene rings is 2. The number of halogens is 3. The number of carbonyl (C=O) groups excluding carboxylic acids is 3. The first kappa shape index (κ1) is 27.2. The van der Waals surface area contributed by atoms with Gasteiger partial charge in [0.25, 0.3) is 5.91 Å². The van der Waals surface area contributed by atoms with Crippen molar-refractivity contribution in [2.75, 3.05) is 12.4 Å². The predicted octanol–water partition coefficient (Wildman–Crippen LogP) is 3.16. The number of amides is 3. The summed E-state index contributed by atoms with van der Waals surface area (Å²) in [5.41, 5.74) is 0.741. The van der Waals surface area contributed by atoms with Crippen LogP contribution in [0.3, 0.4) is 0 Å². The average Bonchev–Trinajstić information content (AvgIpc) is 3.18. The minimum absolute atomic E-state index is 0.